The van der Waals surface area contributed by atoms with Crippen molar-refractivity contribution < 1.29 is 9.53 Å². The summed E-state index contributed by atoms with van der Waals surface area (Å²) in [6, 6.07) is 1.63. The summed E-state index contributed by atoms with van der Waals surface area (Å²) in [6.45, 7) is 1.80. The maximum atomic E-state index is 10.8. The van der Waals surface area contributed by atoms with Crippen LogP contribution in [-0.2, 0) is 4.74 Å². The molecular formula is C9H11N3O2. The van der Waals surface area contributed by atoms with Crippen molar-refractivity contribution in [1.29, 1.82) is 5.41 Å². The van der Waals surface area contributed by atoms with Gasteiger partial charge in [-0.3, -0.25) is 10.4 Å². The number of hydrogen-bond donors (Lipinski definition) is 2. The Morgan fingerprint density at radius 1 is 1.64 bits per heavy atom. The minimum Gasteiger partial charge on any atom is -0.391 e. The zero-order valence-corrected chi connectivity index (χ0v) is 8.00. The van der Waals surface area contributed by atoms with Crippen molar-refractivity contribution in [2.45, 2.75) is 6.92 Å². The molecule has 0 aromatic carbocycles. The van der Waals surface area contributed by atoms with Gasteiger partial charge in [0.05, 0.1) is 0 Å². The van der Waals surface area contributed by atoms with Crippen LogP contribution in [0.25, 0.3) is 0 Å². The average molecular weight is 193 g/mol. The number of alkyl carbamates (subject to hydrolysis) is 1. The maximum Gasteiger partial charge on any atom is 0.413 e. The van der Waals surface area contributed by atoms with Gasteiger partial charge in [0.1, 0.15) is 0 Å². The van der Waals surface area contributed by atoms with Gasteiger partial charge in [0.25, 0.3) is 0 Å². The molecule has 0 aliphatic rings. The van der Waals surface area contributed by atoms with Gasteiger partial charge in [-0.2, -0.15) is 0 Å². The van der Waals surface area contributed by atoms with E-state index >= 15 is 0 Å². The maximum absolute atomic E-state index is 10.8. The molecule has 0 unspecified atom stereocenters. The Bertz CT molecular complexity index is 363. The Kier molecular flexibility index (Phi) is 3.17. The molecule has 0 aliphatic carbocycles. The highest BCUT2D eigenvalue weighted by Gasteiger charge is 2.09. The minimum absolute atomic E-state index is 0.177. The van der Waals surface area contributed by atoms with E-state index in [9.17, 15) is 4.79 Å². The third-order valence-corrected chi connectivity index (χ3v) is 1.66. The van der Waals surface area contributed by atoms with E-state index in [1.807, 2.05) is 0 Å². The summed E-state index contributed by atoms with van der Waals surface area (Å²) in [7, 11) is 1.44. The Balaban J connectivity index is 2.80. The van der Waals surface area contributed by atoms with Crippen LogP contribution < -0.4 is 5.32 Å². The molecule has 0 aliphatic heterocycles. The molecule has 5 heteroatoms. The molecule has 0 radical (unpaired) electrons. The lowest BCUT2D eigenvalue weighted by Crippen LogP contribution is -2.23. The van der Waals surface area contributed by atoms with Crippen LogP contribution in [0.4, 0.5) is 4.79 Å². The zero-order valence-electron chi connectivity index (χ0n) is 8.00. The zero-order chi connectivity index (χ0) is 10.6. The van der Waals surface area contributed by atoms with E-state index in [1.54, 1.807) is 25.4 Å². The number of ether oxygens (including phenoxy) is 1. The largest absolute Gasteiger partial charge is 0.413 e. The number of carbonyl (C=O) groups excluding carboxylic acids is 1. The molecule has 0 saturated heterocycles. The summed E-state index contributed by atoms with van der Waals surface area (Å²) >= 11 is 0. The number of aromatic nitrogens is 1. The summed E-state index contributed by atoms with van der Waals surface area (Å²) < 4.78 is 4.67. The van der Waals surface area contributed by atoms with Gasteiger partial charge in [-0.05, 0) is 18.6 Å². The number of rotatable bonds is 1. The normalized spacial score (nSPS) is 9.29. The summed E-state index contributed by atoms with van der Waals surface area (Å²) in [6.07, 6.45) is 2.51. The first-order valence-electron chi connectivity index (χ1n) is 4.04. The third-order valence-electron chi connectivity index (χ3n) is 1.66. The van der Waals surface area contributed by atoms with Crippen molar-refractivity contribution in [3.05, 3.63) is 29.6 Å². The van der Waals surface area contributed by atoms with Crippen molar-refractivity contribution in [2.24, 2.45) is 0 Å². The Morgan fingerprint density at radius 2 is 2.36 bits per heavy atom. The summed E-state index contributed by atoms with van der Waals surface area (Å²) in [5, 5.41) is 9.76. The van der Waals surface area contributed by atoms with Gasteiger partial charge in [-0.25, -0.2) is 4.79 Å². The second-order valence-corrected chi connectivity index (χ2v) is 2.66. The van der Waals surface area contributed by atoms with Crippen LogP contribution in [0.5, 0.6) is 0 Å². The van der Waals surface area contributed by atoms with E-state index in [4.69, 9.17) is 5.41 Å². The molecule has 0 bridgehead atoms. The molecule has 0 atom stereocenters. The van der Waals surface area contributed by atoms with Crippen LogP contribution in [0, 0.1) is 12.3 Å². The van der Waals surface area contributed by atoms with Crippen LogP contribution in [0.3, 0.4) is 0 Å². The quantitative estimate of drug-likeness (QED) is 0.517. The lowest BCUT2D eigenvalue weighted by molar-refractivity contribution is 0.199. The van der Waals surface area contributed by atoms with E-state index in [0.717, 1.165) is 5.56 Å². The van der Waals surface area contributed by atoms with Crippen molar-refractivity contribution in [3.63, 3.8) is 0 Å². The van der Waals surface area contributed by atoms with Gasteiger partial charge in [-0.1, -0.05) is 0 Å². The molecule has 1 rings (SSSR count). The molecule has 1 aromatic heterocycles. The van der Waals surface area contributed by atoms with E-state index in [0.29, 0.717) is 5.56 Å². The van der Waals surface area contributed by atoms with Crippen LogP contribution in [0.1, 0.15) is 11.1 Å². The fraction of sp³-hybridized carbons (Fsp3) is 0.222. The van der Waals surface area contributed by atoms with E-state index in [2.05, 4.69) is 15.0 Å². The third kappa shape index (κ3) is 2.29. The molecule has 1 aromatic rings. The van der Waals surface area contributed by atoms with Gasteiger partial charge in [0.15, 0.2) is 0 Å². The summed E-state index contributed by atoms with van der Waals surface area (Å²) in [4.78, 5) is 14.7. The monoisotopic (exact) mass is 193 g/mol. The van der Waals surface area contributed by atoms with Gasteiger partial charge in [-0.15, -0.1) is 0 Å². The second-order valence-electron chi connectivity index (χ2n) is 2.66. The Labute approximate surface area is 81.6 Å². The first-order valence-corrected chi connectivity index (χ1v) is 4.04. The average Bonchev–Trinajstić information content (AvgIpc) is 2.18. The van der Waals surface area contributed by atoms with Gasteiger partial charge >= 0.3 is 6.09 Å². The second kappa shape index (κ2) is 4.36. The Hall–Kier alpha value is -1.91. The van der Waals surface area contributed by atoms with Crippen LogP contribution in [0.15, 0.2) is 18.5 Å². The number of nitrogens with zero attached hydrogens (tertiary/aromatic N) is 1. The predicted molar refractivity (Wildman–Crippen MR) is 51.3 cm³/mol. The van der Waals surface area contributed by atoms with Gasteiger partial charge in [0, 0.05) is 25.0 Å². The number of carbonyl (C=O) groups is 1. The molecule has 0 saturated carbocycles. The fourth-order valence-corrected chi connectivity index (χ4v) is 0.927. The van der Waals surface area contributed by atoms with E-state index in [-0.39, 0.29) is 5.90 Å². The van der Waals surface area contributed by atoms with Crippen molar-refractivity contribution in [1.82, 2.24) is 10.3 Å². The smallest absolute Gasteiger partial charge is 0.391 e. The predicted octanol–water partition coefficient (Wildman–Crippen LogP) is 1.07. The van der Waals surface area contributed by atoms with Crippen LogP contribution in [0.2, 0.25) is 0 Å². The number of aryl methyl sites for hydroxylation is 1. The number of hydrogen-bond acceptors (Lipinski definition) is 4. The lowest BCUT2D eigenvalue weighted by atomic mass is 10.1. The summed E-state index contributed by atoms with van der Waals surface area (Å²) in [5.74, 6) is -0.177. The van der Waals surface area contributed by atoms with Crippen LogP contribution >= 0.6 is 0 Å². The first-order chi connectivity index (χ1) is 6.65. The minimum atomic E-state index is -0.647. The molecule has 1 heterocycles. The van der Waals surface area contributed by atoms with E-state index < -0.39 is 6.09 Å². The van der Waals surface area contributed by atoms with E-state index in [1.165, 1.54) is 7.05 Å². The standard InChI is InChI=1S/C9H11N3O2/c1-6-5-12-4-3-7(6)8(10)14-9(13)11-2/h3-5,10H,1-2H3,(H,11,13). The molecule has 1 amide bonds. The molecule has 14 heavy (non-hydrogen) atoms. The Morgan fingerprint density at radius 3 is 2.93 bits per heavy atom. The van der Waals surface area contributed by atoms with Crippen molar-refractivity contribution in [3.8, 4) is 0 Å². The molecule has 0 fully saturated rings. The SMILES string of the molecule is CNC(=O)OC(=N)c1ccncc1C. The highest BCUT2D eigenvalue weighted by Crippen LogP contribution is 2.06. The van der Waals surface area contributed by atoms with Gasteiger partial charge in [0.2, 0.25) is 5.90 Å². The highest BCUT2D eigenvalue weighted by molar-refractivity contribution is 5.98. The topological polar surface area (TPSA) is 75.1 Å². The number of nitrogens with one attached hydrogen (secondary N) is 2. The first kappa shape index (κ1) is 10.2. The van der Waals surface area contributed by atoms with Gasteiger partial charge < -0.3 is 10.1 Å². The molecule has 74 valence electrons. The highest BCUT2D eigenvalue weighted by atomic mass is 16.6. The molecule has 5 nitrogen and oxygen atoms in total. The van der Waals surface area contributed by atoms with Crippen LogP contribution in [-0.4, -0.2) is 24.0 Å². The van der Waals surface area contributed by atoms with Crippen molar-refractivity contribution >= 4 is 12.0 Å². The fourth-order valence-electron chi connectivity index (χ4n) is 0.927. The molecule has 0 spiro atoms. The molecule has 2 N–H and O–H groups in total. The number of pyridine rings is 1. The summed E-state index contributed by atoms with van der Waals surface area (Å²) in [5.41, 5.74) is 1.35. The molecular weight excluding hydrogens is 182 g/mol. The van der Waals surface area contributed by atoms with Crippen molar-refractivity contribution in [2.75, 3.05) is 7.05 Å². The lowest BCUT2D eigenvalue weighted by Gasteiger charge is -2.06. The number of amides is 1.